The molecule has 9 nitrogen and oxygen atoms in total. The van der Waals surface area contributed by atoms with E-state index in [1.807, 2.05) is 72.8 Å². The molecule has 4 aromatic carbocycles. The minimum absolute atomic E-state index is 0.105. The van der Waals surface area contributed by atoms with Crippen LogP contribution in [0.25, 0.3) is 16.9 Å². The number of nitrogens with one attached hydrogen (secondary N) is 2. The lowest BCUT2D eigenvalue weighted by molar-refractivity contribution is -0.136. The van der Waals surface area contributed by atoms with Crippen molar-refractivity contribution in [1.29, 1.82) is 0 Å². The average Bonchev–Trinajstić information content (AvgIpc) is 3.59. The van der Waals surface area contributed by atoms with Crippen LogP contribution in [0.3, 0.4) is 0 Å². The fourth-order valence-corrected chi connectivity index (χ4v) is 5.47. The van der Waals surface area contributed by atoms with E-state index >= 15 is 0 Å². The first-order valence-corrected chi connectivity index (χ1v) is 13.8. The molecule has 0 fully saturated rings. The Morgan fingerprint density at radius 1 is 0.791 bits per heavy atom. The number of rotatable bonds is 8. The molecule has 1 heterocycles. The maximum Gasteiger partial charge on any atom is 0.407 e. The zero-order valence-electron chi connectivity index (χ0n) is 23.4. The second-order valence-corrected chi connectivity index (χ2v) is 10.0. The van der Waals surface area contributed by atoms with Gasteiger partial charge in [0.2, 0.25) is 5.91 Å². The van der Waals surface area contributed by atoms with Crippen LogP contribution < -0.4 is 15.7 Å². The number of esters is 1. The van der Waals surface area contributed by atoms with Crippen molar-refractivity contribution in [3.8, 4) is 11.1 Å². The highest BCUT2D eigenvalue weighted by molar-refractivity contribution is 6.00. The molecule has 9 heteroatoms. The van der Waals surface area contributed by atoms with Crippen LogP contribution in [-0.2, 0) is 23.9 Å². The van der Waals surface area contributed by atoms with Crippen LogP contribution in [0.1, 0.15) is 22.6 Å². The van der Waals surface area contributed by atoms with Gasteiger partial charge in [-0.2, -0.15) is 5.06 Å². The molecule has 0 spiro atoms. The van der Waals surface area contributed by atoms with Gasteiger partial charge in [-0.1, -0.05) is 97.1 Å². The normalized spacial score (nSPS) is 15.3. The number of carbonyl (C=O) groups excluding carboxylic acids is 3. The second-order valence-electron chi connectivity index (χ2n) is 10.0. The highest BCUT2D eigenvalue weighted by Crippen LogP contribution is 2.44. The van der Waals surface area contributed by atoms with Crippen molar-refractivity contribution in [2.45, 2.75) is 12.1 Å². The maximum absolute atomic E-state index is 13.1. The Kier molecular flexibility index (Phi) is 7.78. The van der Waals surface area contributed by atoms with Crippen LogP contribution in [0.2, 0.25) is 0 Å². The molecule has 1 aliphatic carbocycles. The number of alkyl carbamates (subject to hydrolysis) is 1. The number of hydrogen-bond acceptors (Lipinski definition) is 7. The zero-order chi connectivity index (χ0) is 29.8. The van der Waals surface area contributed by atoms with Crippen molar-refractivity contribution in [1.82, 2.24) is 10.6 Å². The summed E-state index contributed by atoms with van der Waals surface area (Å²) in [5, 5.41) is 6.75. The van der Waals surface area contributed by atoms with Crippen molar-refractivity contribution in [2.24, 2.45) is 0 Å². The lowest BCUT2D eigenvalue weighted by Gasteiger charge is -2.26. The SMILES string of the molecule is COC(=O)C1=C(c2ccccc2)ON(c2ccccc2)[C@@H]1NC(=O)CNC(=O)OCC1c2ccccc2-c2ccccc21. The molecule has 4 aromatic rings. The van der Waals surface area contributed by atoms with Gasteiger partial charge in [0.15, 0.2) is 11.9 Å². The molecule has 0 unspecified atom stereocenters. The van der Waals surface area contributed by atoms with Crippen molar-refractivity contribution >= 4 is 29.4 Å². The van der Waals surface area contributed by atoms with Crippen LogP contribution >= 0.6 is 0 Å². The summed E-state index contributed by atoms with van der Waals surface area (Å²) < 4.78 is 10.6. The van der Waals surface area contributed by atoms with Gasteiger partial charge in [-0.05, 0) is 34.4 Å². The summed E-state index contributed by atoms with van der Waals surface area (Å²) in [6.07, 6.45) is -1.75. The number of carbonyl (C=O) groups is 3. The summed E-state index contributed by atoms with van der Waals surface area (Å²) in [6, 6.07) is 34.2. The van der Waals surface area contributed by atoms with Gasteiger partial charge in [0, 0.05) is 11.5 Å². The second kappa shape index (κ2) is 12.1. The topological polar surface area (TPSA) is 106 Å². The summed E-state index contributed by atoms with van der Waals surface area (Å²) in [4.78, 5) is 44.9. The smallest absolute Gasteiger partial charge is 0.407 e. The third-order valence-corrected chi connectivity index (χ3v) is 7.43. The van der Waals surface area contributed by atoms with E-state index < -0.39 is 24.1 Å². The number of methoxy groups -OCH3 is 1. The molecule has 0 saturated heterocycles. The molecule has 2 N–H and O–H groups in total. The van der Waals surface area contributed by atoms with Gasteiger partial charge in [-0.25, -0.2) is 9.59 Å². The fourth-order valence-electron chi connectivity index (χ4n) is 5.47. The number of nitrogens with zero attached hydrogens (tertiary/aromatic N) is 1. The van der Waals surface area contributed by atoms with Crippen molar-refractivity contribution in [3.63, 3.8) is 0 Å². The first kappa shape index (κ1) is 27.6. The molecule has 1 atom stereocenters. The van der Waals surface area contributed by atoms with Crippen molar-refractivity contribution in [3.05, 3.63) is 131 Å². The number of anilines is 1. The number of ether oxygens (including phenoxy) is 2. The van der Waals surface area contributed by atoms with E-state index in [9.17, 15) is 14.4 Å². The van der Waals surface area contributed by atoms with Gasteiger partial charge in [-0.15, -0.1) is 0 Å². The van der Waals surface area contributed by atoms with Crippen LogP contribution in [0.4, 0.5) is 10.5 Å². The quantitative estimate of drug-likeness (QED) is 0.285. The predicted molar refractivity (Wildman–Crippen MR) is 160 cm³/mol. The summed E-state index contributed by atoms with van der Waals surface area (Å²) in [7, 11) is 1.26. The molecule has 0 saturated carbocycles. The Hall–Kier alpha value is -5.57. The fraction of sp³-hybridized carbons (Fsp3) is 0.147. The Bertz CT molecular complexity index is 1640. The van der Waals surface area contributed by atoms with Gasteiger partial charge in [0.1, 0.15) is 18.7 Å². The average molecular weight is 576 g/mol. The molecule has 0 bridgehead atoms. The summed E-state index contributed by atoms with van der Waals surface area (Å²) in [6.45, 7) is -0.264. The lowest BCUT2D eigenvalue weighted by Crippen LogP contribution is -2.50. The van der Waals surface area contributed by atoms with E-state index in [2.05, 4.69) is 22.8 Å². The Morgan fingerprint density at radius 3 is 2.00 bits per heavy atom. The third kappa shape index (κ3) is 5.52. The number of hydroxylamine groups is 1. The molecule has 2 amide bonds. The summed E-state index contributed by atoms with van der Waals surface area (Å²) in [5.41, 5.74) is 5.78. The Balaban J connectivity index is 1.15. The van der Waals surface area contributed by atoms with E-state index in [-0.39, 0.29) is 30.4 Å². The largest absolute Gasteiger partial charge is 0.465 e. The van der Waals surface area contributed by atoms with E-state index in [0.29, 0.717) is 11.3 Å². The molecule has 0 radical (unpaired) electrons. The highest BCUT2D eigenvalue weighted by atomic mass is 16.7. The number of benzene rings is 4. The monoisotopic (exact) mass is 575 g/mol. The highest BCUT2D eigenvalue weighted by Gasteiger charge is 2.42. The Morgan fingerprint density at radius 2 is 1.37 bits per heavy atom. The van der Waals surface area contributed by atoms with Gasteiger partial charge in [-0.3, -0.25) is 4.79 Å². The standard InChI is InChI=1S/C34H29N3O6/c1-41-33(39)30-31(22-12-4-2-5-13-22)43-37(23-14-6-3-7-15-23)32(30)36-29(38)20-35-34(40)42-21-28-26-18-10-8-16-24(26)25-17-9-11-19-27(25)28/h2-19,28,32H,20-21H2,1H3,(H,35,40)(H,36,38)/t32-/m0/s1. The van der Waals surface area contributed by atoms with Crippen molar-refractivity contribution in [2.75, 3.05) is 25.3 Å². The van der Waals surface area contributed by atoms with Crippen LogP contribution in [0.5, 0.6) is 0 Å². The van der Waals surface area contributed by atoms with Crippen LogP contribution in [0.15, 0.2) is 115 Å². The molecule has 1 aliphatic heterocycles. The summed E-state index contributed by atoms with van der Waals surface area (Å²) >= 11 is 0. The van der Waals surface area contributed by atoms with Crippen LogP contribution in [0, 0.1) is 0 Å². The Labute approximate surface area is 248 Å². The minimum atomic E-state index is -1.03. The van der Waals surface area contributed by atoms with Crippen molar-refractivity contribution < 1.29 is 28.7 Å². The van der Waals surface area contributed by atoms with Gasteiger partial charge >= 0.3 is 12.1 Å². The number of fused-ring (bicyclic) bond motifs is 3. The van der Waals surface area contributed by atoms with Gasteiger partial charge in [0.25, 0.3) is 0 Å². The van der Waals surface area contributed by atoms with E-state index in [1.54, 1.807) is 24.3 Å². The molecule has 43 heavy (non-hydrogen) atoms. The van der Waals surface area contributed by atoms with Gasteiger partial charge in [0.05, 0.1) is 12.8 Å². The first-order valence-electron chi connectivity index (χ1n) is 13.8. The van der Waals surface area contributed by atoms with E-state index in [4.69, 9.17) is 14.3 Å². The molecule has 2 aliphatic rings. The lowest BCUT2D eigenvalue weighted by atomic mass is 9.98. The molecular weight excluding hydrogens is 546 g/mol. The molecular formula is C34H29N3O6. The number of amides is 2. The number of hydrogen-bond donors (Lipinski definition) is 2. The van der Waals surface area contributed by atoms with E-state index in [0.717, 1.165) is 22.3 Å². The minimum Gasteiger partial charge on any atom is -0.465 e. The van der Waals surface area contributed by atoms with E-state index in [1.165, 1.54) is 12.2 Å². The van der Waals surface area contributed by atoms with Crippen LogP contribution in [-0.4, -0.2) is 44.4 Å². The molecule has 0 aromatic heterocycles. The number of para-hydroxylation sites is 1. The molecule has 6 rings (SSSR count). The summed E-state index contributed by atoms with van der Waals surface area (Å²) in [5.74, 6) is -1.07. The zero-order valence-corrected chi connectivity index (χ0v) is 23.4. The van der Waals surface area contributed by atoms with Gasteiger partial charge < -0.3 is 24.9 Å². The maximum atomic E-state index is 13.1. The molecule has 216 valence electrons. The predicted octanol–water partition coefficient (Wildman–Crippen LogP) is 5.00. The first-order chi connectivity index (χ1) is 21.0. The third-order valence-electron chi connectivity index (χ3n) is 7.43.